The van der Waals surface area contributed by atoms with Crippen molar-refractivity contribution in [2.24, 2.45) is 0 Å². The van der Waals surface area contributed by atoms with Gasteiger partial charge < -0.3 is 20.1 Å². The molecule has 0 aliphatic carbocycles. The molecule has 0 aliphatic heterocycles. The smallest absolute Gasteiger partial charge is 0.313 e. The summed E-state index contributed by atoms with van der Waals surface area (Å²) in [5, 5.41) is 8.10. The van der Waals surface area contributed by atoms with Crippen LogP contribution in [-0.4, -0.2) is 18.7 Å². The van der Waals surface area contributed by atoms with E-state index in [0.717, 1.165) is 0 Å². The molecule has 0 atom stereocenters. The van der Waals surface area contributed by atoms with Crippen molar-refractivity contribution in [1.29, 1.82) is 0 Å². The summed E-state index contributed by atoms with van der Waals surface area (Å²) in [5.41, 5.74) is 3.66. The van der Waals surface area contributed by atoms with Crippen LogP contribution < -0.4 is 10.6 Å². The number of esters is 2. The number of hydrogen-bond donors (Lipinski definition) is 2. The molecule has 0 heterocycles. The van der Waals surface area contributed by atoms with Gasteiger partial charge >= 0.3 is 11.9 Å². The molecule has 0 radical (unpaired) electrons. The Morgan fingerprint density at radius 3 is 1.28 bits per heavy atom. The van der Waals surface area contributed by atoms with E-state index in [4.69, 9.17) is 55.9 Å². The van der Waals surface area contributed by atoms with Crippen LogP contribution in [0, 0.1) is 0 Å². The molecule has 2 N–H and O–H groups in total. The molecule has 0 amide bonds. The Morgan fingerprint density at radius 2 is 0.897 bits per heavy atom. The number of rotatable bonds is 10. The molecule has 4 rings (SSSR count). The van der Waals surface area contributed by atoms with E-state index in [1.54, 1.807) is 72.8 Å². The van der Waals surface area contributed by atoms with Crippen LogP contribution in [0.5, 0.6) is 0 Å². The zero-order valence-electron chi connectivity index (χ0n) is 20.3. The van der Waals surface area contributed by atoms with Crippen LogP contribution in [0.25, 0.3) is 0 Å². The molecule has 0 saturated heterocycles. The van der Waals surface area contributed by atoms with E-state index in [2.05, 4.69) is 10.6 Å². The highest BCUT2D eigenvalue weighted by Gasteiger charge is 2.15. The van der Waals surface area contributed by atoms with Gasteiger partial charge in [-0.1, -0.05) is 94.9 Å². The Morgan fingerprint density at radius 1 is 0.538 bits per heavy atom. The van der Waals surface area contributed by atoms with E-state index >= 15 is 0 Å². The first-order chi connectivity index (χ1) is 18.8. The van der Waals surface area contributed by atoms with Gasteiger partial charge in [0.1, 0.15) is 0 Å². The van der Waals surface area contributed by atoms with Crippen LogP contribution in [0.3, 0.4) is 0 Å². The molecule has 4 aromatic carbocycles. The van der Waals surface area contributed by atoms with Gasteiger partial charge in [-0.05, 0) is 47.5 Å². The van der Waals surface area contributed by atoms with Crippen LogP contribution in [0.4, 0.5) is 22.7 Å². The molecule has 0 aromatic heterocycles. The van der Waals surface area contributed by atoms with Gasteiger partial charge in [0.05, 0.1) is 44.3 Å². The summed E-state index contributed by atoms with van der Waals surface area (Å²) < 4.78 is 10.3. The maximum Gasteiger partial charge on any atom is 0.313 e. The third kappa shape index (κ3) is 7.80. The van der Waals surface area contributed by atoms with E-state index in [1.807, 2.05) is 12.1 Å². The van der Waals surface area contributed by atoms with E-state index in [1.165, 1.54) is 0 Å². The fraction of sp³-hybridized carbons (Fsp3) is 0.103. The molecule has 0 fully saturated rings. The molecular weight excluding hydrogens is 582 g/mol. The Kier molecular flexibility index (Phi) is 9.96. The molecule has 0 saturated carbocycles. The fourth-order valence-corrected chi connectivity index (χ4v) is 4.65. The largest absolute Gasteiger partial charge is 0.428 e. The van der Waals surface area contributed by atoms with Gasteiger partial charge in [0, 0.05) is 11.4 Å². The number of carbonyl (C=O) groups excluding carboxylic acids is 2. The lowest BCUT2D eigenvalue weighted by Crippen LogP contribution is -2.16. The van der Waals surface area contributed by atoms with Crippen molar-refractivity contribution in [3.05, 3.63) is 116 Å². The van der Waals surface area contributed by atoms with Gasteiger partial charge in [-0.25, -0.2) is 0 Å². The van der Waals surface area contributed by atoms with Gasteiger partial charge in [0.25, 0.3) is 0 Å². The Labute approximate surface area is 245 Å². The SMILES string of the molecule is O=C(Cc1ccccc1Nc1c(Cl)cccc1Cl)OCOC(=O)Cc1ccccc1Nc1c(Cl)cccc1Cl. The standard InChI is InChI=1S/C29H22Cl4N2O4/c30-20-9-5-10-21(31)28(20)34-24-13-3-1-7-18(24)15-26(36)38-17-39-27(37)16-19-8-2-4-14-25(19)35-29-22(32)11-6-12-23(29)33/h1-14,34-35H,15-17H2. The summed E-state index contributed by atoms with van der Waals surface area (Å²) in [6.45, 7) is -0.518. The van der Waals surface area contributed by atoms with Gasteiger partial charge in [0.2, 0.25) is 6.79 Å². The third-order valence-electron chi connectivity index (χ3n) is 5.59. The summed E-state index contributed by atoms with van der Waals surface area (Å²) >= 11 is 25.0. The minimum atomic E-state index is -0.572. The summed E-state index contributed by atoms with van der Waals surface area (Å²) in [4.78, 5) is 25.0. The highest BCUT2D eigenvalue weighted by Crippen LogP contribution is 2.35. The van der Waals surface area contributed by atoms with E-state index in [-0.39, 0.29) is 12.8 Å². The predicted molar refractivity (Wildman–Crippen MR) is 157 cm³/mol. The highest BCUT2D eigenvalue weighted by atomic mass is 35.5. The topological polar surface area (TPSA) is 76.7 Å². The lowest BCUT2D eigenvalue weighted by Gasteiger charge is -2.15. The van der Waals surface area contributed by atoms with Crippen molar-refractivity contribution in [2.45, 2.75) is 12.8 Å². The monoisotopic (exact) mass is 602 g/mol. The number of hydrogen-bond acceptors (Lipinski definition) is 6. The van der Waals surface area contributed by atoms with Crippen molar-refractivity contribution >= 4 is 81.1 Å². The number of anilines is 4. The molecule has 200 valence electrons. The summed E-state index contributed by atoms with van der Waals surface area (Å²) in [7, 11) is 0. The Balaban J connectivity index is 1.31. The van der Waals surface area contributed by atoms with Gasteiger partial charge in [-0.3, -0.25) is 9.59 Å². The van der Waals surface area contributed by atoms with Crippen LogP contribution in [0.1, 0.15) is 11.1 Å². The summed E-state index contributed by atoms with van der Waals surface area (Å²) in [6.07, 6.45) is -0.123. The molecule has 6 nitrogen and oxygen atoms in total. The van der Waals surface area contributed by atoms with Crippen molar-refractivity contribution < 1.29 is 19.1 Å². The average molecular weight is 604 g/mol. The number of benzene rings is 4. The van der Waals surface area contributed by atoms with Gasteiger partial charge in [-0.2, -0.15) is 0 Å². The first-order valence-corrected chi connectivity index (χ1v) is 13.2. The second-order valence-electron chi connectivity index (χ2n) is 8.26. The first-order valence-electron chi connectivity index (χ1n) is 11.7. The molecule has 0 unspecified atom stereocenters. The number of ether oxygens (including phenoxy) is 2. The quantitative estimate of drug-likeness (QED) is 0.140. The van der Waals surface area contributed by atoms with Crippen LogP contribution in [0.2, 0.25) is 20.1 Å². The second kappa shape index (κ2) is 13.6. The Hall–Kier alpha value is -3.42. The van der Waals surface area contributed by atoms with Gasteiger partial charge in [0.15, 0.2) is 0 Å². The Bertz CT molecular complexity index is 1340. The van der Waals surface area contributed by atoms with E-state index in [9.17, 15) is 9.59 Å². The van der Waals surface area contributed by atoms with Crippen molar-refractivity contribution in [3.8, 4) is 0 Å². The molecular formula is C29H22Cl4N2O4. The van der Waals surface area contributed by atoms with E-state index in [0.29, 0.717) is 54.0 Å². The fourth-order valence-electron chi connectivity index (χ4n) is 3.67. The number of halogens is 4. The number of para-hydroxylation sites is 4. The normalized spacial score (nSPS) is 10.6. The van der Waals surface area contributed by atoms with Crippen LogP contribution >= 0.6 is 46.4 Å². The number of carbonyl (C=O) groups is 2. The van der Waals surface area contributed by atoms with Crippen molar-refractivity contribution in [2.75, 3.05) is 17.4 Å². The maximum absolute atomic E-state index is 12.5. The van der Waals surface area contributed by atoms with Crippen molar-refractivity contribution in [3.63, 3.8) is 0 Å². The summed E-state index contributed by atoms with van der Waals surface area (Å²) in [6, 6.07) is 24.7. The molecule has 0 aliphatic rings. The lowest BCUT2D eigenvalue weighted by molar-refractivity contribution is -0.166. The summed E-state index contributed by atoms with van der Waals surface area (Å²) in [5.74, 6) is -1.14. The molecule has 4 aromatic rings. The lowest BCUT2D eigenvalue weighted by atomic mass is 10.1. The predicted octanol–water partition coefficient (Wildman–Crippen LogP) is 8.62. The minimum absolute atomic E-state index is 0.0614. The molecule has 0 bridgehead atoms. The highest BCUT2D eigenvalue weighted by molar-refractivity contribution is 6.39. The maximum atomic E-state index is 12.5. The van der Waals surface area contributed by atoms with Crippen LogP contribution in [-0.2, 0) is 31.9 Å². The van der Waals surface area contributed by atoms with Gasteiger partial charge in [-0.15, -0.1) is 0 Å². The third-order valence-corrected chi connectivity index (χ3v) is 6.85. The second-order valence-corrected chi connectivity index (χ2v) is 9.89. The molecule has 39 heavy (non-hydrogen) atoms. The minimum Gasteiger partial charge on any atom is -0.428 e. The van der Waals surface area contributed by atoms with E-state index < -0.39 is 18.7 Å². The zero-order valence-corrected chi connectivity index (χ0v) is 23.4. The van der Waals surface area contributed by atoms with Crippen LogP contribution in [0.15, 0.2) is 84.9 Å². The molecule has 10 heteroatoms. The van der Waals surface area contributed by atoms with Crippen molar-refractivity contribution in [1.82, 2.24) is 0 Å². The zero-order chi connectivity index (χ0) is 27.8. The number of nitrogens with one attached hydrogen (secondary N) is 2. The average Bonchev–Trinajstić information content (AvgIpc) is 2.90. The molecule has 0 spiro atoms. The first kappa shape index (κ1) is 28.6.